The van der Waals surface area contributed by atoms with E-state index < -0.39 is 4.92 Å². The Morgan fingerprint density at radius 3 is 2.72 bits per heavy atom. The number of carbonyl (C=O) groups excluding carboxylic acids is 1. The smallest absolute Gasteiger partial charge is 0.273 e. The SMILES string of the molecule is COc1cc([N+](=O)[O-])ccc1N/C=C(/C#N)C(=O)N1CCC(C)CC1. The van der Waals surface area contributed by atoms with Crippen LogP contribution in [0.3, 0.4) is 0 Å². The van der Waals surface area contributed by atoms with Crippen molar-refractivity contribution in [1.82, 2.24) is 4.90 Å². The average molecular weight is 344 g/mol. The van der Waals surface area contributed by atoms with E-state index in [4.69, 9.17) is 4.74 Å². The monoisotopic (exact) mass is 344 g/mol. The highest BCUT2D eigenvalue weighted by molar-refractivity contribution is 5.97. The number of anilines is 1. The molecular formula is C17H20N4O4. The fourth-order valence-electron chi connectivity index (χ4n) is 2.59. The zero-order valence-corrected chi connectivity index (χ0v) is 14.2. The zero-order chi connectivity index (χ0) is 18.4. The van der Waals surface area contributed by atoms with Gasteiger partial charge in [0.2, 0.25) is 0 Å². The Morgan fingerprint density at radius 1 is 1.48 bits per heavy atom. The quantitative estimate of drug-likeness (QED) is 0.381. The number of nitro benzene ring substituents is 1. The molecule has 1 amide bonds. The molecule has 1 heterocycles. The molecule has 1 saturated heterocycles. The Balaban J connectivity index is 2.14. The summed E-state index contributed by atoms with van der Waals surface area (Å²) >= 11 is 0. The largest absolute Gasteiger partial charge is 0.494 e. The Kier molecular flexibility index (Phi) is 5.95. The summed E-state index contributed by atoms with van der Waals surface area (Å²) in [4.78, 5) is 24.4. The number of ether oxygens (including phenoxy) is 1. The standard InChI is InChI=1S/C17H20N4O4/c1-12-5-7-20(8-6-12)17(22)13(10-18)11-19-15-4-3-14(21(23)24)9-16(15)25-2/h3-4,9,11-12,19H,5-8H2,1-2H3/b13-11-. The van der Waals surface area contributed by atoms with Gasteiger partial charge in [0.15, 0.2) is 0 Å². The maximum Gasteiger partial charge on any atom is 0.273 e. The van der Waals surface area contributed by atoms with Crippen LogP contribution >= 0.6 is 0 Å². The number of benzene rings is 1. The number of rotatable bonds is 5. The van der Waals surface area contributed by atoms with Gasteiger partial charge in [0, 0.05) is 25.4 Å². The molecule has 132 valence electrons. The third-order valence-corrected chi connectivity index (χ3v) is 4.19. The van der Waals surface area contributed by atoms with Crippen LogP contribution in [-0.2, 0) is 4.79 Å². The minimum absolute atomic E-state index is 0.0186. The van der Waals surface area contributed by atoms with Crippen LogP contribution in [0.15, 0.2) is 30.0 Å². The molecule has 0 aliphatic carbocycles. The maximum absolute atomic E-state index is 12.4. The molecule has 0 aromatic heterocycles. The summed E-state index contributed by atoms with van der Waals surface area (Å²) in [5.41, 5.74) is 0.307. The van der Waals surface area contributed by atoms with Crippen LogP contribution in [0.2, 0.25) is 0 Å². The second-order valence-corrected chi connectivity index (χ2v) is 5.93. The Morgan fingerprint density at radius 2 is 2.16 bits per heavy atom. The number of carbonyl (C=O) groups is 1. The van der Waals surface area contributed by atoms with Crippen molar-refractivity contribution in [3.05, 3.63) is 40.1 Å². The van der Waals surface area contributed by atoms with E-state index in [1.54, 1.807) is 4.90 Å². The number of nitrogens with one attached hydrogen (secondary N) is 1. The number of likely N-dealkylation sites (tertiary alicyclic amines) is 1. The van der Waals surface area contributed by atoms with Crippen molar-refractivity contribution in [1.29, 1.82) is 5.26 Å². The summed E-state index contributed by atoms with van der Waals surface area (Å²) in [6.07, 6.45) is 3.16. The van der Waals surface area contributed by atoms with E-state index in [1.165, 1.54) is 31.5 Å². The van der Waals surface area contributed by atoms with Crippen molar-refractivity contribution in [2.45, 2.75) is 19.8 Å². The molecule has 0 unspecified atom stereocenters. The van der Waals surface area contributed by atoms with E-state index in [0.29, 0.717) is 24.7 Å². The number of hydrogen-bond donors (Lipinski definition) is 1. The third-order valence-electron chi connectivity index (χ3n) is 4.19. The molecule has 0 atom stereocenters. The lowest BCUT2D eigenvalue weighted by molar-refractivity contribution is -0.384. The fourth-order valence-corrected chi connectivity index (χ4v) is 2.59. The normalized spacial score (nSPS) is 15.4. The summed E-state index contributed by atoms with van der Waals surface area (Å²) in [6, 6.07) is 5.97. The fraction of sp³-hybridized carbons (Fsp3) is 0.412. The molecule has 1 fully saturated rings. The van der Waals surface area contributed by atoms with Crippen molar-refractivity contribution < 1.29 is 14.5 Å². The third kappa shape index (κ3) is 4.47. The van der Waals surface area contributed by atoms with Gasteiger partial charge >= 0.3 is 0 Å². The van der Waals surface area contributed by atoms with Crippen LogP contribution in [0.5, 0.6) is 5.75 Å². The number of hydrogen-bond acceptors (Lipinski definition) is 6. The number of amides is 1. The highest BCUT2D eigenvalue weighted by Crippen LogP contribution is 2.29. The number of nitriles is 1. The molecule has 0 spiro atoms. The van der Waals surface area contributed by atoms with Gasteiger partial charge < -0.3 is 15.0 Å². The van der Waals surface area contributed by atoms with Gasteiger partial charge in [0.05, 0.1) is 23.8 Å². The van der Waals surface area contributed by atoms with Gasteiger partial charge in [-0.15, -0.1) is 0 Å². The van der Waals surface area contributed by atoms with Crippen molar-refractivity contribution in [3.8, 4) is 11.8 Å². The maximum atomic E-state index is 12.4. The zero-order valence-electron chi connectivity index (χ0n) is 14.2. The van der Waals surface area contributed by atoms with Crippen LogP contribution in [-0.4, -0.2) is 35.9 Å². The lowest BCUT2D eigenvalue weighted by Crippen LogP contribution is -2.38. The first-order valence-electron chi connectivity index (χ1n) is 7.94. The first-order chi connectivity index (χ1) is 12.0. The number of nitrogens with zero attached hydrogens (tertiary/aromatic N) is 3. The van der Waals surface area contributed by atoms with Gasteiger partial charge in [-0.05, 0) is 24.8 Å². The van der Waals surface area contributed by atoms with Gasteiger partial charge in [0.25, 0.3) is 11.6 Å². The summed E-state index contributed by atoms with van der Waals surface area (Å²) in [5, 5.41) is 22.9. The van der Waals surface area contributed by atoms with Crippen LogP contribution in [0.1, 0.15) is 19.8 Å². The van der Waals surface area contributed by atoms with E-state index in [9.17, 15) is 20.2 Å². The average Bonchev–Trinajstić information content (AvgIpc) is 2.62. The topological polar surface area (TPSA) is 108 Å². The van der Waals surface area contributed by atoms with Crippen LogP contribution in [0, 0.1) is 27.4 Å². The Labute approximate surface area is 145 Å². The van der Waals surface area contributed by atoms with Crippen molar-refractivity contribution in [2.24, 2.45) is 5.92 Å². The van der Waals surface area contributed by atoms with Gasteiger partial charge in [-0.3, -0.25) is 14.9 Å². The molecule has 0 saturated carbocycles. The molecule has 0 radical (unpaired) electrons. The van der Waals surface area contributed by atoms with E-state index >= 15 is 0 Å². The van der Waals surface area contributed by atoms with Gasteiger partial charge in [-0.1, -0.05) is 6.92 Å². The summed E-state index contributed by atoms with van der Waals surface area (Å²) < 4.78 is 5.12. The van der Waals surface area contributed by atoms with Gasteiger partial charge in [-0.2, -0.15) is 5.26 Å². The molecule has 0 bridgehead atoms. The van der Waals surface area contributed by atoms with Crippen LogP contribution < -0.4 is 10.1 Å². The first kappa shape index (κ1) is 18.3. The molecule has 1 aromatic rings. The molecule has 1 aromatic carbocycles. The van der Waals surface area contributed by atoms with E-state index in [0.717, 1.165) is 12.8 Å². The molecule has 8 heteroatoms. The van der Waals surface area contributed by atoms with Crippen molar-refractivity contribution in [2.75, 3.05) is 25.5 Å². The lowest BCUT2D eigenvalue weighted by Gasteiger charge is -2.30. The molecular weight excluding hydrogens is 324 g/mol. The number of piperidine rings is 1. The molecule has 8 nitrogen and oxygen atoms in total. The van der Waals surface area contributed by atoms with Crippen LogP contribution in [0.25, 0.3) is 0 Å². The summed E-state index contributed by atoms with van der Waals surface area (Å²) in [5.74, 6) is 0.519. The number of nitro groups is 1. The summed E-state index contributed by atoms with van der Waals surface area (Å²) in [6.45, 7) is 3.42. The predicted octanol–water partition coefficient (Wildman–Crippen LogP) is 2.68. The van der Waals surface area contributed by atoms with Gasteiger partial charge in [0.1, 0.15) is 17.4 Å². The van der Waals surface area contributed by atoms with E-state index in [1.807, 2.05) is 6.07 Å². The second kappa shape index (κ2) is 8.15. The first-order valence-corrected chi connectivity index (χ1v) is 7.94. The highest BCUT2D eigenvalue weighted by Gasteiger charge is 2.23. The van der Waals surface area contributed by atoms with Crippen molar-refractivity contribution in [3.63, 3.8) is 0 Å². The van der Waals surface area contributed by atoms with Crippen molar-refractivity contribution >= 4 is 17.3 Å². The number of non-ortho nitro benzene ring substituents is 1. The van der Waals surface area contributed by atoms with Crippen LogP contribution in [0.4, 0.5) is 11.4 Å². The molecule has 1 aliphatic rings. The summed E-state index contributed by atoms with van der Waals surface area (Å²) in [7, 11) is 1.39. The molecule has 1 aliphatic heterocycles. The molecule has 25 heavy (non-hydrogen) atoms. The number of methoxy groups -OCH3 is 1. The minimum Gasteiger partial charge on any atom is -0.494 e. The lowest BCUT2D eigenvalue weighted by atomic mass is 9.99. The molecule has 2 rings (SSSR count). The van der Waals surface area contributed by atoms with E-state index in [2.05, 4.69) is 12.2 Å². The van der Waals surface area contributed by atoms with E-state index in [-0.39, 0.29) is 22.9 Å². The minimum atomic E-state index is -0.524. The van der Waals surface area contributed by atoms with Gasteiger partial charge in [-0.25, -0.2) is 0 Å². The predicted molar refractivity (Wildman–Crippen MR) is 91.9 cm³/mol. The second-order valence-electron chi connectivity index (χ2n) is 5.93. The highest BCUT2D eigenvalue weighted by atomic mass is 16.6. The Hall–Kier alpha value is -3.08. The Bertz CT molecular complexity index is 731. The molecule has 1 N–H and O–H groups in total.